The van der Waals surface area contributed by atoms with E-state index in [1.54, 1.807) is 4.90 Å². The number of carbonyl (C=O) groups is 1. The molecule has 0 aromatic heterocycles. The van der Waals surface area contributed by atoms with Gasteiger partial charge in [-0.1, -0.05) is 29.8 Å². The van der Waals surface area contributed by atoms with Gasteiger partial charge in [-0.15, -0.1) is 24.0 Å². The molecule has 1 unspecified atom stereocenters. The average Bonchev–Trinajstić information content (AvgIpc) is 2.95. The first-order chi connectivity index (χ1) is 11.8. The highest BCUT2D eigenvalue weighted by Gasteiger charge is 2.36. The Morgan fingerprint density at radius 2 is 1.96 bits per heavy atom. The topological polar surface area (TPSA) is 57.2 Å². The van der Waals surface area contributed by atoms with Crippen LogP contribution in [-0.4, -0.2) is 59.7 Å². The van der Waals surface area contributed by atoms with E-state index in [0.717, 1.165) is 25.6 Å². The molecule has 0 radical (unpaired) electrons. The molecule has 7 heteroatoms. The maximum atomic E-state index is 12.3. The number of aliphatic imine (C=N–C) groups is 1. The van der Waals surface area contributed by atoms with Crippen LogP contribution < -0.4 is 5.32 Å². The lowest BCUT2D eigenvalue weighted by atomic mass is 10.1. The third kappa shape index (κ3) is 5.25. The molecule has 26 heavy (non-hydrogen) atoms. The Morgan fingerprint density at radius 1 is 1.27 bits per heavy atom. The Hall–Kier alpha value is -1.51. The van der Waals surface area contributed by atoms with E-state index in [2.05, 4.69) is 46.4 Å². The second-order valence-corrected chi connectivity index (χ2v) is 7.78. The van der Waals surface area contributed by atoms with Gasteiger partial charge in [0.05, 0.1) is 12.6 Å². The number of piperazine rings is 1. The molecule has 1 N–H and O–H groups in total. The zero-order valence-electron chi connectivity index (χ0n) is 16.0. The summed E-state index contributed by atoms with van der Waals surface area (Å²) >= 11 is 0. The Bertz CT molecular complexity index is 654. The van der Waals surface area contributed by atoms with Gasteiger partial charge in [-0.3, -0.25) is 4.99 Å². The molecule has 6 nitrogen and oxygen atoms in total. The maximum Gasteiger partial charge on any atom is 0.410 e. The summed E-state index contributed by atoms with van der Waals surface area (Å²) in [5.74, 6) is 0.939. The highest BCUT2D eigenvalue weighted by molar-refractivity contribution is 14.0. The average molecular weight is 472 g/mol. The van der Waals surface area contributed by atoms with Gasteiger partial charge in [-0.25, -0.2) is 4.79 Å². The molecule has 0 aliphatic carbocycles. The molecular formula is C19H29IN4O2. The number of nitrogens with one attached hydrogen (secondary N) is 1. The highest BCUT2D eigenvalue weighted by Crippen LogP contribution is 2.18. The van der Waals surface area contributed by atoms with Crippen LogP contribution in [0.3, 0.4) is 0 Å². The van der Waals surface area contributed by atoms with Crippen molar-refractivity contribution in [3.63, 3.8) is 0 Å². The minimum atomic E-state index is -0.457. The molecule has 1 saturated heterocycles. The molecule has 0 saturated carbocycles. The number of hydrogen-bond acceptors (Lipinski definition) is 5. The summed E-state index contributed by atoms with van der Waals surface area (Å²) < 4.78 is 5.48. The van der Waals surface area contributed by atoms with Gasteiger partial charge >= 0.3 is 6.09 Å². The lowest BCUT2D eigenvalue weighted by Crippen LogP contribution is -2.57. The first kappa shape index (κ1) is 20.8. The third-order valence-electron chi connectivity index (χ3n) is 4.43. The Morgan fingerprint density at radius 3 is 2.62 bits per heavy atom. The summed E-state index contributed by atoms with van der Waals surface area (Å²) in [5.41, 5.74) is 2.05. The van der Waals surface area contributed by atoms with Crippen LogP contribution in [0.5, 0.6) is 0 Å². The second-order valence-electron chi connectivity index (χ2n) is 7.78. The van der Waals surface area contributed by atoms with E-state index in [9.17, 15) is 4.79 Å². The monoisotopic (exact) mass is 472 g/mol. The summed E-state index contributed by atoms with van der Waals surface area (Å²) in [5, 5.41) is 3.44. The number of hydrogen-bond donors (Lipinski definition) is 1. The first-order valence-electron chi connectivity index (χ1n) is 8.90. The number of nitrogens with zero attached hydrogens (tertiary/aromatic N) is 3. The fraction of sp³-hybridized carbons (Fsp3) is 0.579. The number of ether oxygens (including phenoxy) is 1. The van der Waals surface area contributed by atoms with E-state index < -0.39 is 5.60 Å². The number of benzene rings is 1. The van der Waals surface area contributed by atoms with Crippen LogP contribution >= 0.6 is 24.0 Å². The highest BCUT2D eigenvalue weighted by atomic mass is 127. The van der Waals surface area contributed by atoms with Crippen LogP contribution in [0.2, 0.25) is 0 Å². The van der Waals surface area contributed by atoms with Gasteiger partial charge in [0.25, 0.3) is 0 Å². The zero-order chi connectivity index (χ0) is 18.0. The van der Waals surface area contributed by atoms with Gasteiger partial charge < -0.3 is 19.9 Å². The summed E-state index contributed by atoms with van der Waals surface area (Å²) in [7, 11) is 0. The predicted octanol–water partition coefficient (Wildman–Crippen LogP) is 2.99. The number of rotatable bonds is 2. The van der Waals surface area contributed by atoms with Crippen LogP contribution in [0.4, 0.5) is 4.79 Å². The van der Waals surface area contributed by atoms with Crippen molar-refractivity contribution in [2.45, 2.75) is 45.9 Å². The van der Waals surface area contributed by atoms with Gasteiger partial charge in [0.15, 0.2) is 5.96 Å². The van der Waals surface area contributed by atoms with Crippen LogP contribution in [0.1, 0.15) is 31.9 Å². The van der Waals surface area contributed by atoms with Gasteiger partial charge in [-0.2, -0.15) is 0 Å². The number of guanidine groups is 1. The third-order valence-corrected chi connectivity index (χ3v) is 4.43. The summed E-state index contributed by atoms with van der Waals surface area (Å²) in [6.07, 6.45) is -0.229. The van der Waals surface area contributed by atoms with Crippen molar-refractivity contribution in [3.8, 4) is 0 Å². The van der Waals surface area contributed by atoms with Crippen molar-refractivity contribution in [1.29, 1.82) is 0 Å². The van der Waals surface area contributed by atoms with Gasteiger partial charge in [-0.05, 0) is 33.3 Å². The molecule has 1 atom stereocenters. The quantitative estimate of drug-likeness (QED) is 0.673. The molecule has 1 aromatic rings. The van der Waals surface area contributed by atoms with Crippen molar-refractivity contribution in [2.24, 2.45) is 4.99 Å². The molecule has 1 amide bonds. The molecule has 2 aliphatic rings. The SMILES string of the molecule is Cc1ccc(CNC2=NCC3CN(C(=O)OC(C)(C)C)CCN23)cc1.I. The van der Waals surface area contributed by atoms with Crippen LogP contribution in [0.25, 0.3) is 0 Å². The molecule has 0 spiro atoms. The normalized spacial score (nSPS) is 19.4. The van der Waals surface area contributed by atoms with E-state index in [4.69, 9.17) is 4.74 Å². The molecule has 0 bridgehead atoms. The molecule has 2 heterocycles. The van der Waals surface area contributed by atoms with Crippen molar-refractivity contribution in [1.82, 2.24) is 15.1 Å². The minimum absolute atomic E-state index is 0. The molecule has 1 fully saturated rings. The van der Waals surface area contributed by atoms with E-state index in [0.29, 0.717) is 13.1 Å². The van der Waals surface area contributed by atoms with E-state index in [1.165, 1.54) is 11.1 Å². The van der Waals surface area contributed by atoms with Gasteiger partial charge in [0.1, 0.15) is 5.60 Å². The lowest BCUT2D eigenvalue weighted by molar-refractivity contribution is 0.0137. The number of aryl methyl sites for hydroxylation is 1. The largest absolute Gasteiger partial charge is 0.444 e. The van der Waals surface area contributed by atoms with Gasteiger partial charge in [0, 0.05) is 26.2 Å². The molecule has 3 rings (SSSR count). The number of carbonyl (C=O) groups excluding carboxylic acids is 1. The van der Waals surface area contributed by atoms with Gasteiger partial charge in [0.2, 0.25) is 0 Å². The molecule has 144 valence electrons. The molecule has 1 aromatic carbocycles. The summed E-state index contributed by atoms with van der Waals surface area (Å²) in [6.45, 7) is 11.4. The fourth-order valence-corrected chi connectivity index (χ4v) is 3.11. The van der Waals surface area contributed by atoms with Crippen molar-refractivity contribution >= 4 is 36.0 Å². The Labute approximate surface area is 173 Å². The predicted molar refractivity (Wildman–Crippen MR) is 114 cm³/mol. The van der Waals surface area contributed by atoms with Crippen LogP contribution in [-0.2, 0) is 11.3 Å². The lowest BCUT2D eigenvalue weighted by Gasteiger charge is -2.39. The van der Waals surface area contributed by atoms with Crippen molar-refractivity contribution in [2.75, 3.05) is 26.2 Å². The molecule has 2 aliphatic heterocycles. The van der Waals surface area contributed by atoms with Crippen LogP contribution in [0, 0.1) is 6.92 Å². The standard InChI is InChI=1S/C19H28N4O2.HI/c1-14-5-7-15(8-6-14)11-20-17-21-12-16-13-22(9-10-23(16)17)18(24)25-19(2,3)4;/h5-8,16H,9-13H2,1-4H3,(H,20,21);1H. The van der Waals surface area contributed by atoms with Crippen LogP contribution in [0.15, 0.2) is 29.3 Å². The summed E-state index contributed by atoms with van der Waals surface area (Å²) in [6, 6.07) is 8.75. The number of amides is 1. The maximum absolute atomic E-state index is 12.3. The van der Waals surface area contributed by atoms with Crippen molar-refractivity contribution < 1.29 is 9.53 Å². The molecular weight excluding hydrogens is 443 g/mol. The van der Waals surface area contributed by atoms with E-state index >= 15 is 0 Å². The zero-order valence-corrected chi connectivity index (χ0v) is 18.3. The number of halogens is 1. The van der Waals surface area contributed by atoms with E-state index in [1.807, 2.05) is 20.8 Å². The fourth-order valence-electron chi connectivity index (χ4n) is 3.11. The smallest absolute Gasteiger partial charge is 0.410 e. The Kier molecular flexibility index (Phi) is 6.76. The second kappa shape index (κ2) is 8.45. The number of fused-ring (bicyclic) bond motifs is 1. The van der Waals surface area contributed by atoms with E-state index in [-0.39, 0.29) is 36.1 Å². The first-order valence-corrected chi connectivity index (χ1v) is 8.90. The minimum Gasteiger partial charge on any atom is -0.444 e. The Balaban J connectivity index is 0.00000243. The van der Waals surface area contributed by atoms with Crippen molar-refractivity contribution in [3.05, 3.63) is 35.4 Å². The summed E-state index contributed by atoms with van der Waals surface area (Å²) in [4.78, 5) is 21.0.